The molecule has 0 fully saturated rings. The third-order valence-electron chi connectivity index (χ3n) is 2.99. The van der Waals surface area contributed by atoms with Gasteiger partial charge in [0.15, 0.2) is 5.78 Å². The molecule has 0 heterocycles. The normalized spacial score (nSPS) is 12.3. The molecule has 0 aliphatic carbocycles. The van der Waals surface area contributed by atoms with E-state index in [1.165, 1.54) is 0 Å². The van der Waals surface area contributed by atoms with Gasteiger partial charge >= 0.3 is 0 Å². The van der Waals surface area contributed by atoms with Crippen molar-refractivity contribution < 1.29 is 14.6 Å². The Bertz CT molecular complexity index is 406. The number of hydrogen-bond donors (Lipinski definition) is 1. The van der Waals surface area contributed by atoms with E-state index in [1.54, 1.807) is 7.11 Å². The molecule has 1 unspecified atom stereocenters. The lowest BCUT2D eigenvalue weighted by Gasteiger charge is -2.16. The van der Waals surface area contributed by atoms with Crippen LogP contribution in [0.5, 0.6) is 5.75 Å². The molecule has 0 radical (unpaired) electrons. The van der Waals surface area contributed by atoms with Crippen molar-refractivity contribution in [2.75, 3.05) is 13.7 Å². The van der Waals surface area contributed by atoms with Crippen LogP contribution in [0.4, 0.5) is 0 Å². The Kier molecular flexibility index (Phi) is 4.70. The summed E-state index contributed by atoms with van der Waals surface area (Å²) in [5, 5.41) is 9.21. The second-order valence-electron chi connectivity index (χ2n) is 4.31. The van der Waals surface area contributed by atoms with Crippen molar-refractivity contribution in [2.24, 2.45) is 5.92 Å². The Morgan fingerprint density at radius 2 is 2.06 bits per heavy atom. The number of aliphatic hydroxyl groups is 1. The molecule has 1 rings (SSSR count). The van der Waals surface area contributed by atoms with Crippen LogP contribution in [-0.4, -0.2) is 24.6 Å². The minimum atomic E-state index is -0.342. The molecule has 1 aromatic carbocycles. The number of hydrogen-bond acceptors (Lipinski definition) is 3. The van der Waals surface area contributed by atoms with Gasteiger partial charge in [-0.1, -0.05) is 13.0 Å². The minimum absolute atomic E-state index is 0.0376. The molecule has 1 aromatic rings. The van der Waals surface area contributed by atoms with E-state index in [4.69, 9.17) is 4.74 Å². The van der Waals surface area contributed by atoms with E-state index in [2.05, 4.69) is 0 Å². The van der Waals surface area contributed by atoms with Crippen molar-refractivity contribution in [1.82, 2.24) is 0 Å². The van der Waals surface area contributed by atoms with E-state index in [1.807, 2.05) is 32.9 Å². The number of carbonyl (C=O) groups is 1. The van der Waals surface area contributed by atoms with E-state index >= 15 is 0 Å². The molecule has 0 aromatic heterocycles. The summed E-state index contributed by atoms with van der Waals surface area (Å²) in [6, 6.07) is 3.81. The molecule has 0 aliphatic rings. The van der Waals surface area contributed by atoms with Crippen LogP contribution in [-0.2, 0) is 0 Å². The van der Waals surface area contributed by atoms with E-state index in [9.17, 15) is 9.90 Å². The number of benzene rings is 1. The number of carbonyl (C=O) groups excluding carboxylic acids is 1. The van der Waals surface area contributed by atoms with Gasteiger partial charge in [-0.25, -0.2) is 0 Å². The molecule has 1 atom stereocenters. The average Bonchev–Trinajstić information content (AvgIpc) is 2.29. The van der Waals surface area contributed by atoms with Crippen LogP contribution in [0.1, 0.15) is 34.8 Å². The van der Waals surface area contributed by atoms with Gasteiger partial charge < -0.3 is 9.84 Å². The van der Waals surface area contributed by atoms with E-state index in [0.717, 1.165) is 11.1 Å². The number of Topliss-reactive ketones (excluding diaryl/α,β-unsaturated/α-hetero) is 1. The molecule has 3 nitrogen and oxygen atoms in total. The van der Waals surface area contributed by atoms with Gasteiger partial charge in [0.25, 0.3) is 0 Å². The highest BCUT2D eigenvalue weighted by atomic mass is 16.5. The Balaban J connectivity index is 3.25. The Morgan fingerprint density at radius 3 is 2.53 bits per heavy atom. The van der Waals surface area contributed by atoms with Gasteiger partial charge in [0, 0.05) is 5.92 Å². The van der Waals surface area contributed by atoms with Crippen LogP contribution in [0.15, 0.2) is 12.1 Å². The molecule has 3 heteroatoms. The zero-order chi connectivity index (χ0) is 13.0. The van der Waals surface area contributed by atoms with Gasteiger partial charge in [-0.05, 0) is 37.5 Å². The Labute approximate surface area is 102 Å². The van der Waals surface area contributed by atoms with Gasteiger partial charge in [-0.2, -0.15) is 0 Å². The molecule has 94 valence electrons. The maximum absolute atomic E-state index is 12.3. The first-order valence-corrected chi connectivity index (χ1v) is 5.85. The minimum Gasteiger partial charge on any atom is -0.496 e. The lowest BCUT2D eigenvalue weighted by Crippen LogP contribution is -2.19. The standard InChI is InChI=1S/C14H20O3/c1-5-11(8-15)14(16)13-10(3)6-9(2)7-12(13)17-4/h6-7,11,15H,5,8H2,1-4H3. The predicted octanol–water partition coefficient (Wildman–Crippen LogP) is 2.51. The first kappa shape index (κ1) is 13.7. The summed E-state index contributed by atoms with van der Waals surface area (Å²) in [7, 11) is 1.56. The SMILES string of the molecule is CCC(CO)C(=O)c1c(C)cc(C)cc1OC. The summed E-state index contributed by atoms with van der Waals surface area (Å²) in [4.78, 5) is 12.3. The highest BCUT2D eigenvalue weighted by Gasteiger charge is 2.22. The van der Waals surface area contributed by atoms with Gasteiger partial charge in [0.1, 0.15) is 5.75 Å². The van der Waals surface area contributed by atoms with Crippen molar-refractivity contribution in [3.63, 3.8) is 0 Å². The largest absolute Gasteiger partial charge is 0.496 e. The van der Waals surface area contributed by atoms with Crippen LogP contribution >= 0.6 is 0 Å². The van der Waals surface area contributed by atoms with Crippen molar-refractivity contribution in [3.05, 3.63) is 28.8 Å². The molecule has 17 heavy (non-hydrogen) atoms. The van der Waals surface area contributed by atoms with Crippen LogP contribution in [0.2, 0.25) is 0 Å². The second kappa shape index (κ2) is 5.82. The first-order chi connectivity index (χ1) is 8.04. The number of aryl methyl sites for hydroxylation is 2. The molecule has 0 spiro atoms. The van der Waals surface area contributed by atoms with Crippen molar-refractivity contribution in [3.8, 4) is 5.75 Å². The third-order valence-corrected chi connectivity index (χ3v) is 2.99. The summed E-state index contributed by atoms with van der Waals surface area (Å²) in [5.41, 5.74) is 2.56. The third kappa shape index (κ3) is 2.86. The Hall–Kier alpha value is -1.35. The molecule has 0 bridgehead atoms. The van der Waals surface area contributed by atoms with Crippen molar-refractivity contribution in [2.45, 2.75) is 27.2 Å². The summed E-state index contributed by atoms with van der Waals surface area (Å²) < 4.78 is 5.26. The maximum Gasteiger partial charge on any atom is 0.172 e. The molecular weight excluding hydrogens is 216 g/mol. The van der Waals surface area contributed by atoms with Crippen LogP contribution in [0, 0.1) is 19.8 Å². The molecule has 1 N–H and O–H groups in total. The van der Waals surface area contributed by atoms with Gasteiger partial charge in [-0.15, -0.1) is 0 Å². The molecule has 0 amide bonds. The van der Waals surface area contributed by atoms with E-state index < -0.39 is 0 Å². The summed E-state index contributed by atoms with van der Waals surface area (Å²) in [5.74, 6) is 0.217. The maximum atomic E-state index is 12.3. The molecular formula is C14H20O3. The van der Waals surface area contributed by atoms with E-state index in [-0.39, 0.29) is 18.3 Å². The monoisotopic (exact) mass is 236 g/mol. The summed E-state index contributed by atoms with van der Waals surface area (Å²) in [6.07, 6.45) is 0.631. The highest BCUT2D eigenvalue weighted by molar-refractivity contribution is 6.01. The van der Waals surface area contributed by atoms with Gasteiger partial charge in [0.05, 0.1) is 19.3 Å². The fraction of sp³-hybridized carbons (Fsp3) is 0.500. The van der Waals surface area contributed by atoms with Gasteiger partial charge in [-0.3, -0.25) is 4.79 Å². The number of rotatable bonds is 5. The fourth-order valence-corrected chi connectivity index (χ4v) is 2.01. The lowest BCUT2D eigenvalue weighted by atomic mass is 9.91. The number of ether oxygens (including phenoxy) is 1. The lowest BCUT2D eigenvalue weighted by molar-refractivity contribution is 0.0852. The van der Waals surface area contributed by atoms with Crippen LogP contribution in [0.3, 0.4) is 0 Å². The quantitative estimate of drug-likeness (QED) is 0.799. The molecule has 0 saturated heterocycles. The summed E-state index contributed by atoms with van der Waals surface area (Å²) >= 11 is 0. The topological polar surface area (TPSA) is 46.5 Å². The summed E-state index contributed by atoms with van der Waals surface area (Å²) in [6.45, 7) is 5.64. The zero-order valence-corrected chi connectivity index (χ0v) is 10.9. The number of ketones is 1. The van der Waals surface area contributed by atoms with E-state index in [0.29, 0.717) is 17.7 Å². The predicted molar refractivity (Wildman–Crippen MR) is 67.7 cm³/mol. The zero-order valence-electron chi connectivity index (χ0n) is 10.9. The smallest absolute Gasteiger partial charge is 0.172 e. The molecule has 0 aliphatic heterocycles. The highest BCUT2D eigenvalue weighted by Crippen LogP contribution is 2.27. The van der Waals surface area contributed by atoms with Crippen LogP contribution in [0.25, 0.3) is 0 Å². The average molecular weight is 236 g/mol. The number of methoxy groups -OCH3 is 1. The Morgan fingerprint density at radius 1 is 1.41 bits per heavy atom. The first-order valence-electron chi connectivity index (χ1n) is 5.85. The van der Waals surface area contributed by atoms with Gasteiger partial charge in [0.2, 0.25) is 0 Å². The van der Waals surface area contributed by atoms with Crippen LogP contribution < -0.4 is 4.74 Å². The molecule has 0 saturated carbocycles. The van der Waals surface area contributed by atoms with Crippen molar-refractivity contribution >= 4 is 5.78 Å². The van der Waals surface area contributed by atoms with Crippen molar-refractivity contribution in [1.29, 1.82) is 0 Å². The second-order valence-corrected chi connectivity index (χ2v) is 4.31. The fourth-order valence-electron chi connectivity index (χ4n) is 2.01. The number of aliphatic hydroxyl groups excluding tert-OH is 1.